The Balaban J connectivity index is 1.55. The van der Waals surface area contributed by atoms with E-state index in [-0.39, 0.29) is 6.04 Å². The summed E-state index contributed by atoms with van der Waals surface area (Å²) in [7, 11) is 0. The molecule has 1 unspecified atom stereocenters. The molecule has 4 aromatic rings. The summed E-state index contributed by atoms with van der Waals surface area (Å²) in [6, 6.07) is 20.2. The Bertz CT molecular complexity index is 1000. The molecule has 0 radical (unpaired) electrons. The van der Waals surface area contributed by atoms with Gasteiger partial charge in [-0.05, 0) is 18.1 Å². The topological polar surface area (TPSA) is 73.1 Å². The zero-order valence-electron chi connectivity index (χ0n) is 15.0. The minimum Gasteiger partial charge on any atom is -0.374 e. The van der Waals surface area contributed by atoms with Gasteiger partial charge in [0.2, 0.25) is 0 Å². The highest BCUT2D eigenvalue weighted by Gasteiger charge is 2.17. The summed E-state index contributed by atoms with van der Waals surface area (Å²) in [4.78, 5) is 8.53. The van der Waals surface area contributed by atoms with E-state index in [4.69, 9.17) is 9.26 Å². The third-order valence-electron chi connectivity index (χ3n) is 4.35. The maximum atomic E-state index is 5.99. The summed E-state index contributed by atoms with van der Waals surface area (Å²) in [6.07, 6.45) is 1.47. The average Bonchev–Trinajstić information content (AvgIpc) is 3.11. The molecule has 1 N–H and O–H groups in total. The highest BCUT2D eigenvalue weighted by Crippen LogP contribution is 2.26. The van der Waals surface area contributed by atoms with Gasteiger partial charge in [0.15, 0.2) is 0 Å². The first-order chi connectivity index (χ1) is 13.3. The van der Waals surface area contributed by atoms with Crippen LogP contribution in [-0.2, 0) is 11.3 Å². The number of nitrogens with zero attached hydrogens (tertiary/aromatic N) is 3. The first kappa shape index (κ1) is 17.2. The van der Waals surface area contributed by atoms with Crippen LogP contribution in [0.25, 0.3) is 11.1 Å². The van der Waals surface area contributed by atoms with Crippen LogP contribution in [0, 0.1) is 6.92 Å². The lowest BCUT2D eigenvalue weighted by molar-refractivity contribution is 0.112. The molecule has 0 amide bonds. The molecule has 0 aliphatic heterocycles. The average molecular weight is 360 g/mol. The molecule has 6 heteroatoms. The predicted molar refractivity (Wildman–Crippen MR) is 103 cm³/mol. The highest BCUT2D eigenvalue weighted by molar-refractivity contribution is 5.87. The van der Waals surface area contributed by atoms with Gasteiger partial charge in [-0.3, -0.25) is 0 Å². The van der Waals surface area contributed by atoms with Gasteiger partial charge in [0.25, 0.3) is 5.71 Å². The van der Waals surface area contributed by atoms with Gasteiger partial charge in [0, 0.05) is 0 Å². The van der Waals surface area contributed by atoms with Crippen molar-refractivity contribution in [3.8, 4) is 0 Å². The Labute approximate surface area is 157 Å². The van der Waals surface area contributed by atoms with Crippen molar-refractivity contribution in [1.29, 1.82) is 0 Å². The number of hydrogen-bond acceptors (Lipinski definition) is 6. The molecule has 136 valence electrons. The summed E-state index contributed by atoms with van der Waals surface area (Å²) in [5.74, 6) is 0.691. The summed E-state index contributed by atoms with van der Waals surface area (Å²) in [6.45, 7) is 2.93. The van der Waals surface area contributed by atoms with Crippen LogP contribution in [-0.4, -0.2) is 21.7 Å². The Morgan fingerprint density at radius 2 is 1.74 bits per heavy atom. The van der Waals surface area contributed by atoms with Gasteiger partial charge in [-0.1, -0.05) is 65.8 Å². The molecular formula is C21H20N4O2. The zero-order chi connectivity index (χ0) is 18.5. The number of rotatable bonds is 7. The number of ether oxygens (including phenoxy) is 1. The molecule has 0 saturated carbocycles. The van der Waals surface area contributed by atoms with E-state index in [0.29, 0.717) is 24.7 Å². The maximum absolute atomic E-state index is 5.99. The van der Waals surface area contributed by atoms with E-state index in [9.17, 15) is 0 Å². The van der Waals surface area contributed by atoms with E-state index >= 15 is 0 Å². The van der Waals surface area contributed by atoms with Crippen molar-refractivity contribution in [2.24, 2.45) is 0 Å². The molecule has 6 nitrogen and oxygen atoms in total. The van der Waals surface area contributed by atoms with E-state index in [0.717, 1.165) is 22.2 Å². The Kier molecular flexibility index (Phi) is 5.07. The number of nitrogens with one attached hydrogen (secondary N) is 1. The van der Waals surface area contributed by atoms with E-state index in [1.54, 1.807) is 0 Å². The maximum Gasteiger partial charge on any atom is 0.263 e. The molecule has 4 rings (SSSR count). The number of aromatic nitrogens is 3. The molecule has 0 saturated heterocycles. The molecule has 0 spiro atoms. The zero-order valence-corrected chi connectivity index (χ0v) is 15.0. The smallest absolute Gasteiger partial charge is 0.263 e. The first-order valence-corrected chi connectivity index (χ1v) is 8.81. The standard InChI is InChI=1S/C21H20N4O2/c1-15-19-20(22-14-23-21(19)27-25-15)24-18(17-10-6-3-7-11-17)13-26-12-16-8-4-2-5-9-16/h2-11,14,18H,12-13H2,1H3,(H,22,23,24). The van der Waals surface area contributed by atoms with Crippen molar-refractivity contribution in [2.45, 2.75) is 19.6 Å². The van der Waals surface area contributed by atoms with Gasteiger partial charge in [0.05, 0.1) is 24.9 Å². The fraction of sp³-hybridized carbons (Fsp3) is 0.190. The monoisotopic (exact) mass is 360 g/mol. The molecule has 1 atom stereocenters. The molecule has 0 bridgehead atoms. The van der Waals surface area contributed by atoms with E-state index in [1.807, 2.05) is 43.3 Å². The Hall–Kier alpha value is -3.25. The third-order valence-corrected chi connectivity index (χ3v) is 4.35. The van der Waals surface area contributed by atoms with Gasteiger partial charge in [-0.15, -0.1) is 0 Å². The van der Waals surface area contributed by atoms with Gasteiger partial charge < -0.3 is 14.6 Å². The molecular weight excluding hydrogens is 340 g/mol. The van der Waals surface area contributed by atoms with Crippen LogP contribution in [0.15, 0.2) is 71.5 Å². The van der Waals surface area contributed by atoms with E-state index < -0.39 is 0 Å². The molecule has 0 aliphatic rings. The lowest BCUT2D eigenvalue weighted by atomic mass is 10.1. The first-order valence-electron chi connectivity index (χ1n) is 8.81. The summed E-state index contributed by atoms with van der Waals surface area (Å²) in [5.41, 5.74) is 3.49. The molecule has 2 aromatic carbocycles. The fourth-order valence-corrected chi connectivity index (χ4v) is 2.97. The second-order valence-electron chi connectivity index (χ2n) is 6.28. The number of benzene rings is 2. The SMILES string of the molecule is Cc1noc2ncnc(NC(COCc3ccccc3)c3ccccc3)c12. The Morgan fingerprint density at radius 1 is 1.00 bits per heavy atom. The number of anilines is 1. The van der Waals surface area contributed by atoms with Crippen molar-refractivity contribution in [2.75, 3.05) is 11.9 Å². The van der Waals surface area contributed by atoms with Crippen LogP contribution < -0.4 is 5.32 Å². The molecule has 27 heavy (non-hydrogen) atoms. The second kappa shape index (κ2) is 7.97. The largest absolute Gasteiger partial charge is 0.374 e. The van der Waals surface area contributed by atoms with Crippen molar-refractivity contribution in [3.63, 3.8) is 0 Å². The van der Waals surface area contributed by atoms with Crippen LogP contribution >= 0.6 is 0 Å². The van der Waals surface area contributed by atoms with Crippen LogP contribution in [0.2, 0.25) is 0 Å². The summed E-state index contributed by atoms with van der Waals surface area (Å²) in [5, 5.41) is 8.26. The number of hydrogen-bond donors (Lipinski definition) is 1. The lowest BCUT2D eigenvalue weighted by Crippen LogP contribution is -2.18. The van der Waals surface area contributed by atoms with Gasteiger partial charge in [-0.25, -0.2) is 4.98 Å². The van der Waals surface area contributed by atoms with Crippen molar-refractivity contribution >= 4 is 16.9 Å². The van der Waals surface area contributed by atoms with Gasteiger partial charge >= 0.3 is 0 Å². The third kappa shape index (κ3) is 3.96. The van der Waals surface area contributed by atoms with Crippen molar-refractivity contribution in [3.05, 3.63) is 83.8 Å². The van der Waals surface area contributed by atoms with Crippen LogP contribution in [0.3, 0.4) is 0 Å². The van der Waals surface area contributed by atoms with Crippen LogP contribution in [0.4, 0.5) is 5.82 Å². The normalized spacial score (nSPS) is 12.2. The predicted octanol–water partition coefficient (Wildman–Crippen LogP) is 4.30. The summed E-state index contributed by atoms with van der Waals surface area (Å²) >= 11 is 0. The van der Waals surface area contributed by atoms with Crippen LogP contribution in [0.1, 0.15) is 22.9 Å². The molecule has 2 heterocycles. The second-order valence-corrected chi connectivity index (χ2v) is 6.28. The molecule has 0 aliphatic carbocycles. The minimum absolute atomic E-state index is 0.0673. The highest BCUT2D eigenvalue weighted by atomic mass is 16.5. The fourth-order valence-electron chi connectivity index (χ4n) is 2.97. The lowest BCUT2D eigenvalue weighted by Gasteiger charge is -2.20. The van der Waals surface area contributed by atoms with Gasteiger partial charge in [0.1, 0.15) is 17.5 Å². The molecule has 0 fully saturated rings. The number of aryl methyl sites for hydroxylation is 1. The van der Waals surface area contributed by atoms with Gasteiger partial charge in [-0.2, -0.15) is 4.98 Å². The minimum atomic E-state index is -0.0673. The van der Waals surface area contributed by atoms with Crippen molar-refractivity contribution in [1.82, 2.24) is 15.1 Å². The summed E-state index contributed by atoms with van der Waals surface area (Å²) < 4.78 is 11.2. The van der Waals surface area contributed by atoms with E-state index in [2.05, 4.69) is 44.7 Å². The van der Waals surface area contributed by atoms with E-state index in [1.165, 1.54) is 6.33 Å². The number of fused-ring (bicyclic) bond motifs is 1. The quantitative estimate of drug-likeness (QED) is 0.530. The Morgan fingerprint density at radius 3 is 2.52 bits per heavy atom. The van der Waals surface area contributed by atoms with Crippen molar-refractivity contribution < 1.29 is 9.26 Å². The molecule has 2 aromatic heterocycles. The van der Waals surface area contributed by atoms with Crippen LogP contribution in [0.5, 0.6) is 0 Å².